The lowest BCUT2D eigenvalue weighted by Gasteiger charge is -2.19. The van der Waals surface area contributed by atoms with Gasteiger partial charge in [0.05, 0.1) is 11.5 Å². The van der Waals surface area contributed by atoms with Gasteiger partial charge in [-0.25, -0.2) is 0 Å². The van der Waals surface area contributed by atoms with Crippen LogP contribution in [0.4, 0.5) is 0 Å². The summed E-state index contributed by atoms with van der Waals surface area (Å²) in [7, 11) is 0. The first kappa shape index (κ1) is 15.7. The van der Waals surface area contributed by atoms with Crippen LogP contribution in [0.25, 0.3) is 0 Å². The smallest absolute Gasteiger partial charge is 0.0697 e. The van der Waals surface area contributed by atoms with Crippen LogP contribution in [-0.4, -0.2) is 13.1 Å². The van der Waals surface area contributed by atoms with Gasteiger partial charge in [0.15, 0.2) is 0 Å². The summed E-state index contributed by atoms with van der Waals surface area (Å²) in [4.78, 5) is 0. The molecule has 1 rings (SSSR count). The second kappa shape index (κ2) is 6.21. The molecule has 0 saturated heterocycles. The highest BCUT2D eigenvalue weighted by molar-refractivity contribution is 5.27. The Morgan fingerprint density at radius 1 is 1.05 bits per heavy atom. The average Bonchev–Trinajstić information content (AvgIpc) is 2.34. The van der Waals surface area contributed by atoms with Gasteiger partial charge in [-0.15, -0.1) is 0 Å². The molecule has 0 unspecified atom stereocenters. The number of benzene rings is 1. The summed E-state index contributed by atoms with van der Waals surface area (Å²) < 4.78 is 0. The highest BCUT2D eigenvalue weighted by atomic mass is 14.9. The molecule has 0 fully saturated rings. The van der Waals surface area contributed by atoms with Crippen LogP contribution in [-0.2, 0) is 11.8 Å². The van der Waals surface area contributed by atoms with Crippen LogP contribution in [0.5, 0.6) is 0 Å². The molecule has 0 saturated carbocycles. The lowest BCUT2D eigenvalue weighted by molar-refractivity contribution is 0.447. The first-order valence-electron chi connectivity index (χ1n) is 6.96. The van der Waals surface area contributed by atoms with Gasteiger partial charge < -0.3 is 5.32 Å². The zero-order valence-corrected chi connectivity index (χ0v) is 12.9. The van der Waals surface area contributed by atoms with E-state index < -0.39 is 0 Å². The molecule has 1 N–H and O–H groups in total. The van der Waals surface area contributed by atoms with Crippen molar-refractivity contribution in [3.05, 3.63) is 35.4 Å². The number of rotatable bonds is 5. The second-order valence-corrected chi connectivity index (χ2v) is 6.87. The molecule has 19 heavy (non-hydrogen) atoms. The van der Waals surface area contributed by atoms with Crippen molar-refractivity contribution in [1.82, 2.24) is 5.32 Å². The summed E-state index contributed by atoms with van der Waals surface area (Å²) in [5.41, 5.74) is 2.65. The number of nitrogens with one attached hydrogen (secondary N) is 1. The van der Waals surface area contributed by atoms with Crippen molar-refractivity contribution in [2.45, 2.75) is 46.5 Å². The largest absolute Gasteiger partial charge is 0.315 e. The van der Waals surface area contributed by atoms with Gasteiger partial charge in [-0.1, -0.05) is 45.0 Å². The Bertz CT molecular complexity index is 430. The molecule has 2 heteroatoms. The molecular weight excluding hydrogens is 232 g/mol. The Balaban J connectivity index is 2.41. The van der Waals surface area contributed by atoms with E-state index in [1.165, 1.54) is 11.1 Å². The molecule has 0 aliphatic heterocycles. The monoisotopic (exact) mass is 258 g/mol. The topological polar surface area (TPSA) is 35.8 Å². The summed E-state index contributed by atoms with van der Waals surface area (Å²) in [6.45, 7) is 12.3. The fourth-order valence-corrected chi connectivity index (χ4v) is 1.84. The maximum Gasteiger partial charge on any atom is 0.0697 e. The summed E-state index contributed by atoms with van der Waals surface area (Å²) in [5, 5.41) is 12.3. The Morgan fingerprint density at radius 2 is 1.63 bits per heavy atom. The second-order valence-electron chi connectivity index (χ2n) is 6.87. The van der Waals surface area contributed by atoms with Crippen LogP contribution in [0.15, 0.2) is 24.3 Å². The zero-order valence-electron chi connectivity index (χ0n) is 12.9. The van der Waals surface area contributed by atoms with Gasteiger partial charge in [-0.3, -0.25) is 0 Å². The van der Waals surface area contributed by atoms with E-state index in [0.29, 0.717) is 0 Å². The molecule has 0 aliphatic rings. The van der Waals surface area contributed by atoms with Crippen LogP contribution in [0, 0.1) is 16.7 Å². The van der Waals surface area contributed by atoms with Crippen LogP contribution < -0.4 is 5.32 Å². The number of hydrogen-bond donors (Lipinski definition) is 1. The predicted molar refractivity (Wildman–Crippen MR) is 81.1 cm³/mol. The van der Waals surface area contributed by atoms with Crippen molar-refractivity contribution in [3.63, 3.8) is 0 Å². The van der Waals surface area contributed by atoms with Crippen LogP contribution in [0.1, 0.15) is 45.7 Å². The van der Waals surface area contributed by atoms with E-state index in [4.69, 9.17) is 5.26 Å². The summed E-state index contributed by atoms with van der Waals surface area (Å²) in [6, 6.07) is 11.1. The molecule has 0 bridgehead atoms. The van der Waals surface area contributed by atoms with Gasteiger partial charge in [0.25, 0.3) is 0 Å². The number of nitriles is 1. The molecule has 0 spiro atoms. The Hall–Kier alpha value is -1.33. The van der Waals surface area contributed by atoms with E-state index >= 15 is 0 Å². The highest BCUT2D eigenvalue weighted by Gasteiger charge is 2.15. The quantitative estimate of drug-likeness (QED) is 0.818. The lowest BCUT2D eigenvalue weighted by Crippen LogP contribution is -2.29. The lowest BCUT2D eigenvalue weighted by atomic mass is 9.86. The Morgan fingerprint density at radius 3 is 2.11 bits per heavy atom. The number of hydrogen-bond acceptors (Lipinski definition) is 2. The van der Waals surface area contributed by atoms with Gasteiger partial charge in [-0.2, -0.15) is 5.26 Å². The van der Waals surface area contributed by atoms with Crippen LogP contribution in [0.3, 0.4) is 0 Å². The summed E-state index contributed by atoms with van der Waals surface area (Å²) in [5.74, 6) is 0. The molecule has 0 radical (unpaired) electrons. The van der Waals surface area contributed by atoms with Crippen molar-refractivity contribution in [1.29, 1.82) is 5.26 Å². The van der Waals surface area contributed by atoms with Crippen LogP contribution >= 0.6 is 0 Å². The van der Waals surface area contributed by atoms with E-state index in [-0.39, 0.29) is 10.8 Å². The fraction of sp³-hybridized carbons (Fsp3) is 0.588. The molecule has 1 aromatic rings. The standard InChI is InChI=1S/C17H26N2/c1-16(2,3)15-8-6-14(7-9-15)10-11-19-13-17(4,5)12-18/h6-9,19H,10-11,13H2,1-5H3. The van der Waals surface area contributed by atoms with E-state index in [9.17, 15) is 0 Å². The first-order chi connectivity index (χ1) is 8.74. The van der Waals surface area contributed by atoms with Gasteiger partial charge in [-0.05, 0) is 43.4 Å². The van der Waals surface area contributed by atoms with Crippen molar-refractivity contribution >= 4 is 0 Å². The molecule has 0 atom stereocenters. The molecule has 0 aromatic heterocycles. The molecular formula is C17H26N2. The summed E-state index contributed by atoms with van der Waals surface area (Å²) in [6.07, 6.45) is 1.01. The van der Waals surface area contributed by atoms with E-state index in [1.807, 2.05) is 13.8 Å². The van der Waals surface area contributed by atoms with Crippen molar-refractivity contribution < 1.29 is 0 Å². The van der Waals surface area contributed by atoms with Crippen LogP contribution in [0.2, 0.25) is 0 Å². The van der Waals surface area contributed by atoms with E-state index in [0.717, 1.165) is 19.5 Å². The maximum absolute atomic E-state index is 8.93. The first-order valence-corrected chi connectivity index (χ1v) is 6.96. The Kier molecular flexibility index (Phi) is 5.14. The molecule has 0 amide bonds. The van der Waals surface area contributed by atoms with Crippen molar-refractivity contribution in [2.24, 2.45) is 5.41 Å². The molecule has 2 nitrogen and oxygen atoms in total. The average molecular weight is 258 g/mol. The normalized spacial score (nSPS) is 12.2. The SMILES string of the molecule is CC(C)(C#N)CNCCc1ccc(C(C)(C)C)cc1. The van der Waals surface area contributed by atoms with Gasteiger partial charge in [0.2, 0.25) is 0 Å². The third kappa shape index (κ3) is 5.44. The van der Waals surface area contributed by atoms with E-state index in [2.05, 4.69) is 56.4 Å². The molecule has 104 valence electrons. The minimum Gasteiger partial charge on any atom is -0.315 e. The Labute approximate surface area is 117 Å². The third-order valence-electron chi connectivity index (χ3n) is 3.28. The predicted octanol–water partition coefficient (Wildman–Crippen LogP) is 3.67. The number of nitrogens with zero attached hydrogens (tertiary/aromatic N) is 1. The van der Waals surface area contributed by atoms with Gasteiger partial charge >= 0.3 is 0 Å². The maximum atomic E-state index is 8.93. The summed E-state index contributed by atoms with van der Waals surface area (Å²) >= 11 is 0. The molecule has 1 aromatic carbocycles. The van der Waals surface area contributed by atoms with E-state index in [1.54, 1.807) is 0 Å². The highest BCUT2D eigenvalue weighted by Crippen LogP contribution is 2.22. The minimum atomic E-state index is -0.282. The third-order valence-corrected chi connectivity index (χ3v) is 3.28. The fourth-order valence-electron chi connectivity index (χ4n) is 1.84. The molecule has 0 aliphatic carbocycles. The van der Waals surface area contributed by atoms with Gasteiger partial charge in [0.1, 0.15) is 0 Å². The zero-order chi connectivity index (χ0) is 14.5. The van der Waals surface area contributed by atoms with Crippen molar-refractivity contribution in [3.8, 4) is 6.07 Å². The van der Waals surface area contributed by atoms with Crippen molar-refractivity contribution in [2.75, 3.05) is 13.1 Å². The van der Waals surface area contributed by atoms with Gasteiger partial charge in [0, 0.05) is 6.54 Å². The minimum absolute atomic E-state index is 0.216. The molecule has 0 heterocycles.